The van der Waals surface area contributed by atoms with Gasteiger partial charge in [-0.05, 0) is 33.6 Å². The molecule has 2 aliphatic heterocycles. The molecule has 0 aliphatic carbocycles. The maximum absolute atomic E-state index is 12.2. The van der Waals surface area contributed by atoms with Gasteiger partial charge in [-0.1, -0.05) is 13.8 Å². The quantitative estimate of drug-likeness (QED) is 0.741. The fourth-order valence-electron chi connectivity index (χ4n) is 2.88. The van der Waals surface area contributed by atoms with Crippen LogP contribution >= 0.6 is 0 Å². The molecule has 2 atom stereocenters. The van der Waals surface area contributed by atoms with Crippen LogP contribution in [0.1, 0.15) is 41.5 Å². The summed E-state index contributed by atoms with van der Waals surface area (Å²) in [6.45, 7) is 15.1. The van der Waals surface area contributed by atoms with Gasteiger partial charge in [-0.15, -0.1) is 0 Å². The number of nitrogens with zero attached hydrogens (tertiary/aromatic N) is 2. The summed E-state index contributed by atoms with van der Waals surface area (Å²) in [4.78, 5) is 16.4. The Bertz CT molecular complexity index is 378. The van der Waals surface area contributed by atoms with E-state index in [4.69, 9.17) is 9.47 Å². The van der Waals surface area contributed by atoms with Crippen molar-refractivity contribution in [2.75, 3.05) is 26.4 Å². The number of carbonyl (C=O) groups is 1. The van der Waals surface area contributed by atoms with Crippen LogP contribution in [-0.2, 0) is 9.47 Å². The average molecular weight is 284 g/mol. The molecular formula is C15H28N2O3. The van der Waals surface area contributed by atoms with E-state index < -0.39 is 5.60 Å². The van der Waals surface area contributed by atoms with Gasteiger partial charge in [-0.25, -0.2) is 4.79 Å². The molecule has 2 rings (SSSR count). The first kappa shape index (κ1) is 15.6. The summed E-state index contributed by atoms with van der Waals surface area (Å²) in [5, 5.41) is 0. The molecule has 20 heavy (non-hydrogen) atoms. The summed E-state index contributed by atoms with van der Waals surface area (Å²) >= 11 is 0. The molecule has 2 fully saturated rings. The van der Waals surface area contributed by atoms with E-state index in [1.54, 1.807) is 0 Å². The molecule has 0 spiro atoms. The number of hydrogen-bond donors (Lipinski definition) is 0. The average Bonchev–Trinajstić information content (AvgIpc) is 2.66. The number of piperazine rings is 1. The molecule has 5 nitrogen and oxygen atoms in total. The van der Waals surface area contributed by atoms with Gasteiger partial charge in [-0.2, -0.15) is 0 Å². The van der Waals surface area contributed by atoms with Crippen LogP contribution in [-0.4, -0.2) is 59.5 Å². The number of rotatable bonds is 1. The van der Waals surface area contributed by atoms with Crippen LogP contribution in [0, 0.1) is 5.92 Å². The van der Waals surface area contributed by atoms with E-state index in [1.165, 1.54) is 0 Å². The molecule has 0 saturated carbocycles. The van der Waals surface area contributed by atoms with Crippen molar-refractivity contribution in [3.63, 3.8) is 0 Å². The molecule has 0 radical (unpaired) electrons. The highest BCUT2D eigenvalue weighted by molar-refractivity contribution is 5.68. The van der Waals surface area contributed by atoms with E-state index in [-0.39, 0.29) is 17.7 Å². The third kappa shape index (κ3) is 2.93. The Labute approximate surface area is 122 Å². The smallest absolute Gasteiger partial charge is 0.410 e. The largest absolute Gasteiger partial charge is 0.444 e. The first-order valence-electron chi connectivity index (χ1n) is 7.49. The van der Waals surface area contributed by atoms with E-state index in [2.05, 4.69) is 25.7 Å². The van der Waals surface area contributed by atoms with Crippen molar-refractivity contribution in [3.05, 3.63) is 0 Å². The lowest BCUT2D eigenvalue weighted by molar-refractivity contribution is -0.0335. The molecule has 0 bridgehead atoms. The Balaban J connectivity index is 2.06. The molecule has 0 aromatic carbocycles. The SMILES string of the molecule is CC(C)[C@@]1(C)OCN2CCN(C(=O)OC(C)(C)C)C[C@H]21. The number of ether oxygens (including phenoxy) is 2. The maximum Gasteiger partial charge on any atom is 0.410 e. The Morgan fingerprint density at radius 1 is 1.35 bits per heavy atom. The van der Waals surface area contributed by atoms with E-state index in [9.17, 15) is 4.79 Å². The normalized spacial score (nSPS) is 31.6. The molecule has 116 valence electrons. The minimum Gasteiger partial charge on any atom is -0.444 e. The third-order valence-corrected chi connectivity index (χ3v) is 4.49. The molecule has 2 saturated heterocycles. The van der Waals surface area contributed by atoms with Crippen LogP contribution in [0.3, 0.4) is 0 Å². The minimum atomic E-state index is -0.443. The second-order valence-electron chi connectivity index (χ2n) is 7.37. The second kappa shape index (κ2) is 5.19. The van der Waals surface area contributed by atoms with E-state index in [0.717, 1.165) is 6.54 Å². The molecule has 2 aliphatic rings. The van der Waals surface area contributed by atoms with Crippen LogP contribution in [0.15, 0.2) is 0 Å². The van der Waals surface area contributed by atoms with Gasteiger partial charge < -0.3 is 14.4 Å². The third-order valence-electron chi connectivity index (χ3n) is 4.49. The number of amides is 1. The van der Waals surface area contributed by atoms with Gasteiger partial charge in [0.2, 0.25) is 0 Å². The van der Waals surface area contributed by atoms with Gasteiger partial charge in [0, 0.05) is 19.6 Å². The number of hydrogen-bond acceptors (Lipinski definition) is 4. The van der Waals surface area contributed by atoms with E-state index in [0.29, 0.717) is 25.7 Å². The Hall–Kier alpha value is -0.810. The summed E-state index contributed by atoms with van der Waals surface area (Å²) in [6, 6.07) is 0.253. The van der Waals surface area contributed by atoms with Crippen LogP contribution < -0.4 is 0 Å². The molecule has 0 N–H and O–H groups in total. The maximum atomic E-state index is 12.2. The van der Waals surface area contributed by atoms with Crippen molar-refractivity contribution >= 4 is 6.09 Å². The van der Waals surface area contributed by atoms with Gasteiger partial charge >= 0.3 is 6.09 Å². The highest BCUT2D eigenvalue weighted by atomic mass is 16.6. The lowest BCUT2D eigenvalue weighted by Gasteiger charge is -2.43. The standard InChI is InChI=1S/C15H28N2O3/c1-11(2)15(6)12-9-16(7-8-17(12)10-19-15)13(18)20-14(3,4)5/h11-12H,7-10H2,1-6H3/t12-,15+/m0/s1. The van der Waals surface area contributed by atoms with Gasteiger partial charge in [0.1, 0.15) is 12.3 Å². The highest BCUT2D eigenvalue weighted by Crippen LogP contribution is 2.36. The van der Waals surface area contributed by atoms with Crippen molar-refractivity contribution in [1.29, 1.82) is 0 Å². The van der Waals surface area contributed by atoms with Crippen LogP contribution in [0.25, 0.3) is 0 Å². The molecule has 0 aromatic heterocycles. The minimum absolute atomic E-state index is 0.194. The second-order valence-corrected chi connectivity index (χ2v) is 7.37. The zero-order valence-corrected chi connectivity index (χ0v) is 13.6. The van der Waals surface area contributed by atoms with E-state index in [1.807, 2.05) is 25.7 Å². The Morgan fingerprint density at radius 3 is 2.55 bits per heavy atom. The first-order valence-corrected chi connectivity index (χ1v) is 7.49. The first-order chi connectivity index (χ1) is 9.13. The summed E-state index contributed by atoms with van der Waals surface area (Å²) in [5.74, 6) is 0.413. The van der Waals surface area contributed by atoms with E-state index >= 15 is 0 Å². The summed E-state index contributed by atoms with van der Waals surface area (Å²) in [7, 11) is 0. The molecule has 2 heterocycles. The lowest BCUT2D eigenvalue weighted by Crippen LogP contribution is -2.59. The topological polar surface area (TPSA) is 42.0 Å². The van der Waals surface area contributed by atoms with Crippen molar-refractivity contribution in [3.8, 4) is 0 Å². The predicted molar refractivity (Wildman–Crippen MR) is 77.5 cm³/mol. The van der Waals surface area contributed by atoms with Crippen molar-refractivity contribution in [2.45, 2.75) is 58.8 Å². The number of fused-ring (bicyclic) bond motifs is 1. The van der Waals surface area contributed by atoms with Crippen LogP contribution in [0.5, 0.6) is 0 Å². The highest BCUT2D eigenvalue weighted by Gasteiger charge is 2.50. The van der Waals surface area contributed by atoms with Crippen molar-refractivity contribution in [1.82, 2.24) is 9.80 Å². The lowest BCUT2D eigenvalue weighted by atomic mass is 9.84. The zero-order chi connectivity index (χ0) is 15.1. The molecule has 1 amide bonds. The van der Waals surface area contributed by atoms with Gasteiger partial charge in [-0.3, -0.25) is 4.90 Å². The summed E-state index contributed by atoms with van der Waals surface area (Å²) < 4.78 is 11.5. The van der Waals surface area contributed by atoms with Gasteiger partial charge in [0.25, 0.3) is 0 Å². The van der Waals surface area contributed by atoms with Crippen LogP contribution in [0.4, 0.5) is 4.79 Å². The fourth-order valence-corrected chi connectivity index (χ4v) is 2.88. The van der Waals surface area contributed by atoms with Crippen LogP contribution in [0.2, 0.25) is 0 Å². The monoisotopic (exact) mass is 284 g/mol. The fraction of sp³-hybridized carbons (Fsp3) is 0.933. The predicted octanol–water partition coefficient (Wildman–Crippen LogP) is 2.31. The summed E-state index contributed by atoms with van der Waals surface area (Å²) in [6.07, 6.45) is -0.213. The number of carbonyl (C=O) groups excluding carboxylic acids is 1. The molecule has 0 aromatic rings. The summed E-state index contributed by atoms with van der Waals surface area (Å²) in [5.41, 5.74) is -0.636. The van der Waals surface area contributed by atoms with Gasteiger partial charge in [0.05, 0.1) is 11.6 Å². The molecular weight excluding hydrogens is 256 g/mol. The van der Waals surface area contributed by atoms with Gasteiger partial charge in [0.15, 0.2) is 0 Å². The molecule has 5 heteroatoms. The molecule has 0 unspecified atom stereocenters. The Kier molecular flexibility index (Phi) is 4.04. The zero-order valence-electron chi connectivity index (χ0n) is 13.6. The Morgan fingerprint density at radius 2 is 2.00 bits per heavy atom. The van der Waals surface area contributed by atoms with Crippen molar-refractivity contribution in [2.24, 2.45) is 5.92 Å². The van der Waals surface area contributed by atoms with Crippen molar-refractivity contribution < 1.29 is 14.3 Å².